The first-order chi connectivity index (χ1) is 8.50. The van der Waals surface area contributed by atoms with Gasteiger partial charge in [0, 0.05) is 5.02 Å². The Kier molecular flexibility index (Phi) is 3.39. The maximum atomic E-state index is 11.1. The van der Waals surface area contributed by atoms with Gasteiger partial charge in [-0.15, -0.1) is 0 Å². The minimum Gasteiger partial charge on any atom is -0.478 e. The van der Waals surface area contributed by atoms with E-state index in [1.807, 2.05) is 38.1 Å². The Bertz CT molecular complexity index is 618. The van der Waals surface area contributed by atoms with Crippen LogP contribution in [-0.4, -0.2) is 11.1 Å². The number of hydrogen-bond donors (Lipinski definition) is 1. The second-order valence-corrected chi connectivity index (χ2v) is 4.65. The highest BCUT2D eigenvalue weighted by Gasteiger charge is 2.11. The van der Waals surface area contributed by atoms with Crippen LogP contribution < -0.4 is 0 Å². The van der Waals surface area contributed by atoms with Gasteiger partial charge < -0.3 is 5.11 Å². The number of carboxylic acids is 1. The SMILES string of the molecule is Cc1cc(-c2cccc(C(=O)O)c2C)ccc1Cl. The van der Waals surface area contributed by atoms with Gasteiger partial charge in [0.1, 0.15) is 0 Å². The third-order valence-corrected chi connectivity index (χ3v) is 3.46. The predicted molar refractivity (Wildman–Crippen MR) is 73.3 cm³/mol. The second-order valence-electron chi connectivity index (χ2n) is 4.25. The van der Waals surface area contributed by atoms with Gasteiger partial charge >= 0.3 is 5.97 Å². The van der Waals surface area contributed by atoms with Gasteiger partial charge in [-0.1, -0.05) is 29.8 Å². The van der Waals surface area contributed by atoms with Gasteiger partial charge in [-0.3, -0.25) is 0 Å². The molecule has 0 fully saturated rings. The number of carbonyl (C=O) groups is 1. The lowest BCUT2D eigenvalue weighted by molar-refractivity contribution is 0.0696. The van der Waals surface area contributed by atoms with Crippen LogP contribution in [0, 0.1) is 13.8 Å². The Morgan fingerprint density at radius 3 is 2.50 bits per heavy atom. The topological polar surface area (TPSA) is 37.3 Å². The number of aryl methyl sites for hydroxylation is 1. The Balaban J connectivity index is 2.60. The first-order valence-electron chi connectivity index (χ1n) is 5.60. The molecule has 2 aromatic carbocycles. The summed E-state index contributed by atoms with van der Waals surface area (Å²) in [4.78, 5) is 11.1. The number of carboxylic acid groups (broad SMARTS) is 1. The summed E-state index contributed by atoms with van der Waals surface area (Å²) >= 11 is 6.00. The summed E-state index contributed by atoms with van der Waals surface area (Å²) in [6, 6.07) is 11.0. The van der Waals surface area contributed by atoms with Crippen LogP contribution in [0.4, 0.5) is 0 Å². The van der Waals surface area contributed by atoms with Gasteiger partial charge in [-0.25, -0.2) is 4.79 Å². The lowest BCUT2D eigenvalue weighted by Crippen LogP contribution is -2.00. The third-order valence-electron chi connectivity index (χ3n) is 3.03. The third kappa shape index (κ3) is 2.24. The smallest absolute Gasteiger partial charge is 0.335 e. The molecule has 0 spiro atoms. The molecule has 0 aliphatic rings. The molecule has 0 bridgehead atoms. The Hall–Kier alpha value is -1.80. The zero-order chi connectivity index (χ0) is 13.3. The number of halogens is 1. The number of aromatic carboxylic acids is 1. The molecule has 18 heavy (non-hydrogen) atoms. The van der Waals surface area contributed by atoms with Crippen molar-refractivity contribution in [3.8, 4) is 11.1 Å². The average molecular weight is 261 g/mol. The molecule has 0 saturated heterocycles. The van der Waals surface area contributed by atoms with Crippen LogP contribution in [0.15, 0.2) is 36.4 Å². The molecule has 2 aromatic rings. The molecule has 0 aromatic heterocycles. The van der Waals surface area contributed by atoms with Crippen molar-refractivity contribution in [2.75, 3.05) is 0 Å². The summed E-state index contributed by atoms with van der Waals surface area (Å²) in [6.45, 7) is 3.75. The first-order valence-corrected chi connectivity index (χ1v) is 5.98. The van der Waals surface area contributed by atoms with Gasteiger partial charge in [-0.2, -0.15) is 0 Å². The van der Waals surface area contributed by atoms with Crippen LogP contribution in [0.25, 0.3) is 11.1 Å². The van der Waals surface area contributed by atoms with E-state index in [0.717, 1.165) is 22.3 Å². The van der Waals surface area contributed by atoms with E-state index < -0.39 is 5.97 Å². The van der Waals surface area contributed by atoms with E-state index in [0.29, 0.717) is 10.6 Å². The number of rotatable bonds is 2. The molecule has 2 rings (SSSR count). The van der Waals surface area contributed by atoms with E-state index in [1.165, 1.54) is 0 Å². The fourth-order valence-corrected chi connectivity index (χ4v) is 2.11. The van der Waals surface area contributed by atoms with E-state index >= 15 is 0 Å². The molecule has 0 saturated carbocycles. The van der Waals surface area contributed by atoms with E-state index in [1.54, 1.807) is 12.1 Å². The zero-order valence-corrected chi connectivity index (χ0v) is 11.0. The highest BCUT2D eigenvalue weighted by atomic mass is 35.5. The summed E-state index contributed by atoms with van der Waals surface area (Å²) in [5, 5.41) is 9.83. The minimum atomic E-state index is -0.903. The zero-order valence-electron chi connectivity index (χ0n) is 10.2. The highest BCUT2D eigenvalue weighted by molar-refractivity contribution is 6.31. The van der Waals surface area contributed by atoms with Crippen LogP contribution in [-0.2, 0) is 0 Å². The average Bonchev–Trinajstić information content (AvgIpc) is 2.33. The number of benzene rings is 2. The summed E-state index contributed by atoms with van der Waals surface area (Å²) in [5.74, 6) is -0.903. The van der Waals surface area contributed by atoms with Crippen molar-refractivity contribution in [3.05, 3.63) is 58.1 Å². The maximum Gasteiger partial charge on any atom is 0.335 e. The van der Waals surface area contributed by atoms with Crippen molar-refractivity contribution < 1.29 is 9.90 Å². The molecule has 1 N–H and O–H groups in total. The molecule has 2 nitrogen and oxygen atoms in total. The van der Waals surface area contributed by atoms with Gasteiger partial charge in [0.25, 0.3) is 0 Å². The molecule has 0 unspecified atom stereocenters. The maximum absolute atomic E-state index is 11.1. The van der Waals surface area contributed by atoms with Crippen molar-refractivity contribution in [2.24, 2.45) is 0 Å². The Morgan fingerprint density at radius 2 is 1.89 bits per heavy atom. The predicted octanol–water partition coefficient (Wildman–Crippen LogP) is 4.32. The van der Waals surface area contributed by atoms with Crippen LogP contribution in [0.1, 0.15) is 21.5 Å². The van der Waals surface area contributed by atoms with Gasteiger partial charge in [0.2, 0.25) is 0 Å². The van der Waals surface area contributed by atoms with Gasteiger partial charge in [-0.05, 0) is 54.3 Å². The van der Waals surface area contributed by atoms with Gasteiger partial charge in [0.15, 0.2) is 0 Å². The van der Waals surface area contributed by atoms with Crippen molar-refractivity contribution in [1.82, 2.24) is 0 Å². The van der Waals surface area contributed by atoms with Crippen molar-refractivity contribution in [2.45, 2.75) is 13.8 Å². The van der Waals surface area contributed by atoms with E-state index in [9.17, 15) is 4.79 Å². The second kappa shape index (κ2) is 4.83. The standard InChI is InChI=1S/C15H13ClO2/c1-9-8-11(6-7-14(9)16)12-4-3-5-13(10(12)2)15(17)18/h3-8H,1-2H3,(H,17,18). The summed E-state index contributed by atoms with van der Waals surface area (Å²) in [7, 11) is 0. The molecule has 0 aliphatic heterocycles. The van der Waals surface area contributed by atoms with E-state index in [2.05, 4.69) is 0 Å². The quantitative estimate of drug-likeness (QED) is 0.873. The minimum absolute atomic E-state index is 0.333. The molecule has 0 radical (unpaired) electrons. The van der Waals surface area contributed by atoms with Crippen LogP contribution in [0.2, 0.25) is 5.02 Å². The van der Waals surface area contributed by atoms with Crippen molar-refractivity contribution >= 4 is 17.6 Å². The first kappa shape index (κ1) is 12.7. The molecular formula is C15H13ClO2. The summed E-state index contributed by atoms with van der Waals surface area (Å²) < 4.78 is 0. The van der Waals surface area contributed by atoms with Gasteiger partial charge in [0.05, 0.1) is 5.56 Å². The Labute approximate surface area is 111 Å². The molecule has 0 heterocycles. The lowest BCUT2D eigenvalue weighted by Gasteiger charge is -2.10. The molecule has 0 amide bonds. The fourth-order valence-electron chi connectivity index (χ4n) is 1.99. The Morgan fingerprint density at radius 1 is 1.17 bits per heavy atom. The van der Waals surface area contributed by atoms with E-state index in [4.69, 9.17) is 16.7 Å². The lowest BCUT2D eigenvalue weighted by atomic mass is 9.95. The van der Waals surface area contributed by atoms with Crippen molar-refractivity contribution in [1.29, 1.82) is 0 Å². The fraction of sp³-hybridized carbons (Fsp3) is 0.133. The number of hydrogen-bond acceptors (Lipinski definition) is 1. The monoisotopic (exact) mass is 260 g/mol. The van der Waals surface area contributed by atoms with Crippen LogP contribution >= 0.6 is 11.6 Å². The van der Waals surface area contributed by atoms with Crippen LogP contribution in [0.5, 0.6) is 0 Å². The summed E-state index contributed by atoms with van der Waals surface area (Å²) in [6.07, 6.45) is 0. The molecule has 3 heteroatoms. The largest absolute Gasteiger partial charge is 0.478 e. The highest BCUT2D eigenvalue weighted by Crippen LogP contribution is 2.28. The van der Waals surface area contributed by atoms with E-state index in [-0.39, 0.29) is 0 Å². The van der Waals surface area contributed by atoms with Crippen LogP contribution in [0.3, 0.4) is 0 Å². The summed E-state index contributed by atoms with van der Waals surface area (Å²) in [5.41, 5.74) is 3.99. The molecule has 92 valence electrons. The molecule has 0 aliphatic carbocycles. The molecule has 0 atom stereocenters. The molecular weight excluding hydrogens is 248 g/mol. The normalized spacial score (nSPS) is 10.4. The van der Waals surface area contributed by atoms with Crippen molar-refractivity contribution in [3.63, 3.8) is 0 Å².